The van der Waals surface area contributed by atoms with Gasteiger partial charge in [-0.05, 0) is 24.6 Å². The van der Waals surface area contributed by atoms with Crippen molar-refractivity contribution in [2.45, 2.75) is 6.92 Å². The smallest absolute Gasteiger partial charge is 0.269 e. The van der Waals surface area contributed by atoms with E-state index < -0.39 is 4.92 Å². The second-order valence-corrected chi connectivity index (χ2v) is 3.87. The molecule has 17 heavy (non-hydrogen) atoms. The Balaban J connectivity index is 3.13. The van der Waals surface area contributed by atoms with Gasteiger partial charge in [0.2, 0.25) is 0 Å². The number of hydrogen-bond acceptors (Lipinski definition) is 4. The lowest BCUT2D eigenvalue weighted by molar-refractivity contribution is -0.384. The van der Waals surface area contributed by atoms with Gasteiger partial charge in [-0.25, -0.2) is 0 Å². The predicted octanol–water partition coefficient (Wildman–Crippen LogP) is 2.09. The summed E-state index contributed by atoms with van der Waals surface area (Å²) in [5.74, 6) is -0.0763. The maximum Gasteiger partial charge on any atom is 0.269 e. The van der Waals surface area contributed by atoms with Crippen LogP contribution in [0.2, 0.25) is 0 Å². The Kier molecular flexibility index (Phi) is 3.98. The molecular formula is C12H14N2O3. The SMILES string of the molecule is CC(=O)/C(=C/N(C)C)c1ccc([N+](=O)[O-])cc1. The number of ketones is 1. The van der Waals surface area contributed by atoms with Crippen LogP contribution in [0.5, 0.6) is 0 Å². The van der Waals surface area contributed by atoms with Gasteiger partial charge < -0.3 is 4.90 Å². The van der Waals surface area contributed by atoms with Crippen molar-refractivity contribution in [3.8, 4) is 0 Å². The van der Waals surface area contributed by atoms with Crippen LogP contribution in [0.25, 0.3) is 5.57 Å². The van der Waals surface area contributed by atoms with Crippen LogP contribution in [0, 0.1) is 10.1 Å². The first kappa shape index (κ1) is 12.9. The van der Waals surface area contributed by atoms with E-state index in [4.69, 9.17) is 0 Å². The molecule has 0 radical (unpaired) electrons. The third-order valence-electron chi connectivity index (χ3n) is 2.16. The van der Waals surface area contributed by atoms with Crippen molar-refractivity contribution in [3.63, 3.8) is 0 Å². The van der Waals surface area contributed by atoms with E-state index in [0.29, 0.717) is 11.1 Å². The number of nitro benzene ring substituents is 1. The van der Waals surface area contributed by atoms with E-state index in [-0.39, 0.29) is 11.5 Å². The number of Topliss-reactive ketones (excluding diaryl/α,β-unsaturated/α-hetero) is 1. The summed E-state index contributed by atoms with van der Waals surface area (Å²) < 4.78 is 0. The Morgan fingerprint density at radius 2 is 1.82 bits per heavy atom. The van der Waals surface area contributed by atoms with Gasteiger partial charge >= 0.3 is 0 Å². The molecule has 0 heterocycles. The van der Waals surface area contributed by atoms with Crippen LogP contribution in [0.1, 0.15) is 12.5 Å². The number of carbonyl (C=O) groups excluding carboxylic acids is 1. The summed E-state index contributed by atoms with van der Waals surface area (Å²) in [6, 6.07) is 5.94. The van der Waals surface area contributed by atoms with E-state index in [9.17, 15) is 14.9 Å². The Morgan fingerprint density at radius 3 is 2.18 bits per heavy atom. The monoisotopic (exact) mass is 234 g/mol. The molecule has 1 aromatic rings. The molecule has 5 nitrogen and oxygen atoms in total. The standard InChI is InChI=1S/C12H14N2O3/c1-9(15)12(8-13(2)3)10-4-6-11(7-5-10)14(16)17/h4-8H,1-3H3/b12-8-. The minimum atomic E-state index is -0.465. The molecule has 0 N–H and O–H groups in total. The fourth-order valence-electron chi connectivity index (χ4n) is 1.39. The van der Waals surface area contributed by atoms with Crippen molar-refractivity contribution >= 4 is 17.0 Å². The first-order valence-electron chi connectivity index (χ1n) is 5.06. The second kappa shape index (κ2) is 5.25. The van der Waals surface area contributed by atoms with Crippen molar-refractivity contribution < 1.29 is 9.72 Å². The predicted molar refractivity (Wildman–Crippen MR) is 65.4 cm³/mol. The zero-order chi connectivity index (χ0) is 13.0. The first-order valence-corrected chi connectivity index (χ1v) is 5.06. The van der Waals surface area contributed by atoms with Crippen molar-refractivity contribution in [1.82, 2.24) is 4.90 Å². The molecule has 0 saturated heterocycles. The van der Waals surface area contributed by atoms with Gasteiger partial charge in [0.1, 0.15) is 0 Å². The highest BCUT2D eigenvalue weighted by Crippen LogP contribution is 2.19. The lowest BCUT2D eigenvalue weighted by Gasteiger charge is -2.09. The molecule has 0 aromatic heterocycles. The summed E-state index contributed by atoms with van der Waals surface area (Å²) in [7, 11) is 3.63. The third-order valence-corrected chi connectivity index (χ3v) is 2.16. The summed E-state index contributed by atoms with van der Waals surface area (Å²) in [4.78, 5) is 23.3. The minimum absolute atomic E-state index is 0.0153. The number of hydrogen-bond donors (Lipinski definition) is 0. The average Bonchev–Trinajstić information content (AvgIpc) is 2.25. The number of non-ortho nitro benzene ring substituents is 1. The highest BCUT2D eigenvalue weighted by Gasteiger charge is 2.10. The van der Waals surface area contributed by atoms with Gasteiger partial charge in [-0.2, -0.15) is 0 Å². The normalized spacial score (nSPS) is 11.1. The largest absolute Gasteiger partial charge is 0.383 e. The summed E-state index contributed by atoms with van der Waals surface area (Å²) in [6.07, 6.45) is 1.70. The number of allylic oxidation sites excluding steroid dienone is 1. The lowest BCUT2D eigenvalue weighted by atomic mass is 10.0. The molecule has 90 valence electrons. The molecule has 0 spiro atoms. The molecule has 0 saturated carbocycles. The highest BCUT2D eigenvalue weighted by atomic mass is 16.6. The molecule has 0 aliphatic heterocycles. The first-order chi connectivity index (χ1) is 7.91. The van der Waals surface area contributed by atoms with Crippen LogP contribution < -0.4 is 0 Å². The van der Waals surface area contributed by atoms with Crippen LogP contribution in [0.3, 0.4) is 0 Å². The Hall–Kier alpha value is -2.17. The quantitative estimate of drug-likeness (QED) is 0.454. The fraction of sp³-hybridized carbons (Fsp3) is 0.250. The summed E-state index contributed by atoms with van der Waals surface area (Å²) in [5.41, 5.74) is 1.23. The van der Waals surface area contributed by atoms with Gasteiger partial charge in [0, 0.05) is 38.0 Å². The zero-order valence-corrected chi connectivity index (χ0v) is 10.0. The van der Waals surface area contributed by atoms with Gasteiger partial charge in [0.25, 0.3) is 5.69 Å². The van der Waals surface area contributed by atoms with Crippen LogP contribution in [0.15, 0.2) is 30.5 Å². The maximum atomic E-state index is 11.5. The third kappa shape index (κ3) is 3.41. The van der Waals surface area contributed by atoms with Crippen LogP contribution in [-0.2, 0) is 4.79 Å². The van der Waals surface area contributed by atoms with E-state index >= 15 is 0 Å². The molecule has 0 amide bonds. The van der Waals surface area contributed by atoms with Crippen molar-refractivity contribution in [1.29, 1.82) is 0 Å². The number of rotatable bonds is 4. The molecular weight excluding hydrogens is 220 g/mol. The van der Waals surface area contributed by atoms with E-state index in [2.05, 4.69) is 0 Å². The van der Waals surface area contributed by atoms with Crippen LogP contribution >= 0.6 is 0 Å². The average molecular weight is 234 g/mol. The van der Waals surface area contributed by atoms with Crippen LogP contribution in [-0.4, -0.2) is 29.7 Å². The number of nitro groups is 1. The fourth-order valence-corrected chi connectivity index (χ4v) is 1.39. The molecule has 0 unspecified atom stereocenters. The topological polar surface area (TPSA) is 63.5 Å². The molecule has 0 fully saturated rings. The number of benzene rings is 1. The zero-order valence-electron chi connectivity index (χ0n) is 10.0. The molecule has 0 aliphatic carbocycles. The Morgan fingerprint density at radius 1 is 1.29 bits per heavy atom. The molecule has 1 rings (SSSR count). The van der Waals surface area contributed by atoms with Gasteiger partial charge in [0.05, 0.1) is 4.92 Å². The van der Waals surface area contributed by atoms with E-state index in [1.807, 2.05) is 14.1 Å². The van der Waals surface area contributed by atoms with Gasteiger partial charge in [-0.3, -0.25) is 14.9 Å². The molecule has 0 atom stereocenters. The van der Waals surface area contributed by atoms with Gasteiger partial charge in [0.15, 0.2) is 5.78 Å². The molecule has 0 bridgehead atoms. The Bertz CT molecular complexity index is 461. The number of carbonyl (C=O) groups is 1. The van der Waals surface area contributed by atoms with E-state index in [1.165, 1.54) is 19.1 Å². The van der Waals surface area contributed by atoms with E-state index in [0.717, 1.165) is 0 Å². The highest BCUT2D eigenvalue weighted by molar-refractivity contribution is 6.19. The second-order valence-electron chi connectivity index (χ2n) is 3.87. The molecule has 0 aliphatic rings. The molecule has 1 aromatic carbocycles. The van der Waals surface area contributed by atoms with Crippen LogP contribution in [0.4, 0.5) is 5.69 Å². The summed E-state index contributed by atoms with van der Waals surface area (Å²) in [6.45, 7) is 1.47. The minimum Gasteiger partial charge on any atom is -0.383 e. The lowest BCUT2D eigenvalue weighted by Crippen LogP contribution is -2.06. The number of nitrogens with zero attached hydrogens (tertiary/aromatic N) is 2. The summed E-state index contributed by atoms with van der Waals surface area (Å²) in [5, 5.41) is 10.5. The maximum absolute atomic E-state index is 11.5. The Labute approximate surface area is 99.5 Å². The van der Waals surface area contributed by atoms with Crippen molar-refractivity contribution in [3.05, 3.63) is 46.1 Å². The molecule has 5 heteroatoms. The summed E-state index contributed by atoms with van der Waals surface area (Å²) >= 11 is 0. The van der Waals surface area contributed by atoms with Gasteiger partial charge in [-0.15, -0.1) is 0 Å². The van der Waals surface area contributed by atoms with Crippen molar-refractivity contribution in [2.75, 3.05) is 14.1 Å². The van der Waals surface area contributed by atoms with Crippen molar-refractivity contribution in [2.24, 2.45) is 0 Å². The van der Waals surface area contributed by atoms with E-state index in [1.54, 1.807) is 23.2 Å². The van der Waals surface area contributed by atoms with Gasteiger partial charge in [-0.1, -0.05) is 0 Å².